The van der Waals surface area contributed by atoms with Crippen LogP contribution in [0.4, 0.5) is 0 Å². The van der Waals surface area contributed by atoms with Crippen LogP contribution in [0, 0.1) is 0 Å². The van der Waals surface area contributed by atoms with Gasteiger partial charge in [0.05, 0.1) is 19.2 Å². The summed E-state index contributed by atoms with van der Waals surface area (Å²) in [6.45, 7) is 7.60. The summed E-state index contributed by atoms with van der Waals surface area (Å²) < 4.78 is 40.7. The predicted octanol–water partition coefficient (Wildman–Crippen LogP) is 4.86. The molecule has 0 bridgehead atoms. The first-order chi connectivity index (χ1) is 14.9. The number of methoxy groups -OCH3 is 1. The molecule has 6 nitrogen and oxygen atoms in total. The lowest BCUT2D eigenvalue weighted by Crippen LogP contribution is -2.19. The lowest BCUT2D eigenvalue weighted by atomic mass is 9.98. The summed E-state index contributed by atoms with van der Waals surface area (Å²) in [6.07, 6.45) is 2.80. The zero-order valence-corrected chi connectivity index (χ0v) is 20.4. The Morgan fingerprint density at radius 2 is 1.97 bits per heavy atom. The molecule has 2 aromatic carbocycles. The maximum Gasteiger partial charge on any atom is 0.271 e. The number of likely N-dealkylation sites (tertiary alicyclic amines) is 1. The molecule has 1 atom stereocenters. The van der Waals surface area contributed by atoms with E-state index in [-0.39, 0.29) is 10.8 Å². The van der Waals surface area contributed by atoms with Gasteiger partial charge in [-0.3, -0.25) is 0 Å². The largest absolute Gasteiger partial charge is 0.495 e. The third kappa shape index (κ3) is 4.08. The Labute approximate surface area is 191 Å². The zero-order valence-electron chi connectivity index (χ0n) is 18.0. The van der Waals surface area contributed by atoms with Gasteiger partial charge in [-0.1, -0.05) is 22.9 Å². The van der Waals surface area contributed by atoms with Crippen LogP contribution >= 0.6 is 15.9 Å². The Kier molecular flexibility index (Phi) is 6.32. The van der Waals surface area contributed by atoms with E-state index < -0.39 is 10.0 Å². The minimum absolute atomic E-state index is 0.136. The van der Waals surface area contributed by atoms with Gasteiger partial charge in [-0.25, -0.2) is 12.4 Å². The first kappa shape index (κ1) is 22.2. The topological polar surface area (TPSA) is 60.8 Å². The van der Waals surface area contributed by atoms with E-state index in [1.165, 1.54) is 11.1 Å². The molecule has 2 heterocycles. The summed E-state index contributed by atoms with van der Waals surface area (Å²) in [7, 11) is -2.38. The summed E-state index contributed by atoms with van der Waals surface area (Å²) >= 11 is 3.38. The van der Waals surface area contributed by atoms with Gasteiger partial charge in [-0.2, -0.15) is 0 Å². The molecule has 1 unspecified atom stereocenters. The fourth-order valence-electron chi connectivity index (χ4n) is 4.32. The Morgan fingerprint density at radius 3 is 2.65 bits per heavy atom. The average molecular weight is 507 g/mol. The van der Waals surface area contributed by atoms with Gasteiger partial charge in [-0.05, 0) is 74.3 Å². The highest BCUT2D eigenvalue weighted by Gasteiger charge is 2.30. The minimum Gasteiger partial charge on any atom is -0.495 e. The zero-order chi connectivity index (χ0) is 22.2. The van der Waals surface area contributed by atoms with Crippen LogP contribution in [0.1, 0.15) is 31.7 Å². The fraction of sp³-hybridized carbons (Fsp3) is 0.391. The molecule has 31 heavy (non-hydrogen) atoms. The lowest BCUT2D eigenvalue weighted by Gasteiger charge is -2.13. The van der Waals surface area contributed by atoms with Crippen LogP contribution in [0.25, 0.3) is 10.9 Å². The summed E-state index contributed by atoms with van der Waals surface area (Å²) in [5.41, 5.74) is 1.70. The number of aromatic nitrogens is 1. The van der Waals surface area contributed by atoms with Crippen molar-refractivity contribution in [2.75, 3.05) is 33.4 Å². The molecule has 1 aliphatic rings. The second-order valence-electron chi connectivity index (χ2n) is 7.67. The van der Waals surface area contributed by atoms with Crippen molar-refractivity contribution in [1.82, 2.24) is 8.87 Å². The monoisotopic (exact) mass is 506 g/mol. The van der Waals surface area contributed by atoms with Gasteiger partial charge in [0.2, 0.25) is 0 Å². The number of likely N-dealkylation sites (N-methyl/N-ethyl adjacent to an activating group) is 1. The molecule has 166 valence electrons. The van der Waals surface area contributed by atoms with Gasteiger partial charge >= 0.3 is 0 Å². The van der Waals surface area contributed by atoms with E-state index in [9.17, 15) is 8.42 Å². The minimum atomic E-state index is -3.86. The molecule has 1 fully saturated rings. The number of benzene rings is 2. The molecule has 0 amide bonds. The van der Waals surface area contributed by atoms with E-state index in [1.54, 1.807) is 24.4 Å². The molecule has 0 aliphatic carbocycles. The van der Waals surface area contributed by atoms with Crippen molar-refractivity contribution in [3.63, 3.8) is 0 Å². The van der Waals surface area contributed by atoms with Gasteiger partial charge in [-0.15, -0.1) is 0 Å². The van der Waals surface area contributed by atoms with Crippen molar-refractivity contribution in [1.29, 1.82) is 0 Å². The van der Waals surface area contributed by atoms with Gasteiger partial charge in [0.1, 0.15) is 16.4 Å². The first-order valence-electron chi connectivity index (χ1n) is 10.5. The molecule has 4 rings (SSSR count). The molecule has 0 spiro atoms. The van der Waals surface area contributed by atoms with Crippen LogP contribution in [0.5, 0.6) is 11.5 Å². The van der Waals surface area contributed by atoms with Gasteiger partial charge in [0, 0.05) is 22.6 Å². The lowest BCUT2D eigenvalue weighted by molar-refractivity contribution is 0.340. The molecule has 0 N–H and O–H groups in total. The highest BCUT2D eigenvalue weighted by atomic mass is 79.9. The highest BCUT2D eigenvalue weighted by Crippen LogP contribution is 2.38. The summed E-state index contributed by atoms with van der Waals surface area (Å²) in [5, 5.41) is 0.925. The Bertz CT molecular complexity index is 1210. The third-order valence-corrected chi connectivity index (χ3v) is 8.11. The van der Waals surface area contributed by atoms with Crippen LogP contribution < -0.4 is 9.47 Å². The van der Waals surface area contributed by atoms with Crippen LogP contribution in [0.15, 0.2) is 52.0 Å². The number of hydrogen-bond acceptors (Lipinski definition) is 5. The van der Waals surface area contributed by atoms with Crippen molar-refractivity contribution in [3.8, 4) is 11.5 Å². The molecule has 0 radical (unpaired) electrons. The van der Waals surface area contributed by atoms with Crippen molar-refractivity contribution >= 4 is 36.9 Å². The number of ether oxygens (including phenoxy) is 2. The SMILES string of the molecule is CCOc1ccc2c(c1)c(C1CCN(CC)C1)cn2S(=O)(=O)c1ccc(Br)cc1OC. The maximum absolute atomic E-state index is 13.7. The third-order valence-electron chi connectivity index (χ3n) is 5.91. The van der Waals surface area contributed by atoms with Crippen molar-refractivity contribution < 1.29 is 17.9 Å². The van der Waals surface area contributed by atoms with Crippen molar-refractivity contribution in [3.05, 3.63) is 52.6 Å². The molecule has 1 aliphatic heterocycles. The van der Waals surface area contributed by atoms with Crippen LogP contribution in [-0.2, 0) is 10.0 Å². The summed E-state index contributed by atoms with van der Waals surface area (Å²) in [4.78, 5) is 2.53. The van der Waals surface area contributed by atoms with Crippen LogP contribution in [-0.4, -0.2) is 50.6 Å². The maximum atomic E-state index is 13.7. The van der Waals surface area contributed by atoms with Crippen LogP contribution in [0.3, 0.4) is 0 Å². The predicted molar refractivity (Wildman–Crippen MR) is 126 cm³/mol. The van der Waals surface area contributed by atoms with E-state index in [2.05, 4.69) is 27.8 Å². The number of nitrogens with zero attached hydrogens (tertiary/aromatic N) is 2. The van der Waals surface area contributed by atoms with E-state index in [0.717, 1.165) is 47.2 Å². The van der Waals surface area contributed by atoms with E-state index in [4.69, 9.17) is 9.47 Å². The van der Waals surface area contributed by atoms with Crippen molar-refractivity contribution in [2.45, 2.75) is 31.1 Å². The Morgan fingerprint density at radius 1 is 1.16 bits per heavy atom. The molecule has 0 saturated carbocycles. The molecular weight excluding hydrogens is 480 g/mol. The average Bonchev–Trinajstić information content (AvgIpc) is 3.38. The van der Waals surface area contributed by atoms with E-state index in [0.29, 0.717) is 17.9 Å². The smallest absolute Gasteiger partial charge is 0.271 e. The van der Waals surface area contributed by atoms with Crippen molar-refractivity contribution in [2.24, 2.45) is 0 Å². The van der Waals surface area contributed by atoms with Crippen LogP contribution in [0.2, 0.25) is 0 Å². The van der Waals surface area contributed by atoms with E-state index in [1.807, 2.05) is 25.1 Å². The summed E-state index contributed by atoms with van der Waals surface area (Å²) in [5.74, 6) is 1.34. The highest BCUT2D eigenvalue weighted by molar-refractivity contribution is 9.10. The molecule has 1 aromatic heterocycles. The second-order valence-corrected chi connectivity index (χ2v) is 10.4. The quantitative estimate of drug-likeness (QED) is 0.457. The molecular formula is C23H27BrN2O4S. The number of rotatable bonds is 7. The molecule has 8 heteroatoms. The molecule has 1 saturated heterocycles. The van der Waals surface area contributed by atoms with Gasteiger partial charge in [0.15, 0.2) is 0 Å². The fourth-order valence-corrected chi connectivity index (χ4v) is 6.18. The van der Waals surface area contributed by atoms with E-state index >= 15 is 0 Å². The number of fused-ring (bicyclic) bond motifs is 1. The standard InChI is InChI=1S/C23H27BrN2O4S/c1-4-25-11-10-16(14-25)20-15-26(21-8-7-18(30-5-2)13-19(20)21)31(27,28)23-9-6-17(24)12-22(23)29-3/h6-9,12-13,15-16H,4-5,10-11,14H2,1-3H3. The van der Waals surface area contributed by atoms with Gasteiger partial charge < -0.3 is 14.4 Å². The Balaban J connectivity index is 1.90. The normalized spacial score (nSPS) is 17.4. The van der Waals surface area contributed by atoms with Gasteiger partial charge in [0.25, 0.3) is 10.0 Å². The second kappa shape index (κ2) is 8.84. The number of halogens is 1. The Hall–Kier alpha value is -2.03. The first-order valence-corrected chi connectivity index (χ1v) is 12.7. The molecule has 3 aromatic rings. The number of hydrogen-bond donors (Lipinski definition) is 0. The summed E-state index contributed by atoms with van der Waals surface area (Å²) in [6, 6.07) is 10.6.